The normalized spacial score (nSPS) is 10.4. The summed E-state index contributed by atoms with van der Waals surface area (Å²) in [5, 5.41) is 2.77. The van der Waals surface area contributed by atoms with Gasteiger partial charge in [-0.2, -0.15) is 0 Å². The van der Waals surface area contributed by atoms with E-state index in [4.69, 9.17) is 0 Å². The van der Waals surface area contributed by atoms with Crippen molar-refractivity contribution < 1.29 is 14.0 Å². The molecule has 0 saturated carbocycles. The molecule has 5 heteroatoms. The molecule has 0 aliphatic rings. The molecule has 1 aromatic carbocycles. The van der Waals surface area contributed by atoms with E-state index >= 15 is 0 Å². The Morgan fingerprint density at radius 2 is 2.16 bits per heavy atom. The largest absolute Gasteiger partial charge is 0.365 e. The Morgan fingerprint density at radius 1 is 1.47 bits per heavy atom. The fraction of sp³-hybridized carbons (Fsp3) is 0.429. The number of nitrogens with one attached hydrogen (secondary N) is 1. The Bertz CT molecular complexity index is 461. The monoisotopic (exact) mass is 266 g/mol. The number of amides is 1. The van der Waals surface area contributed by atoms with E-state index in [1.165, 1.54) is 12.1 Å². The summed E-state index contributed by atoms with van der Waals surface area (Å²) in [7, 11) is 1.65. The van der Waals surface area contributed by atoms with Gasteiger partial charge in [0.2, 0.25) is 5.91 Å². The van der Waals surface area contributed by atoms with Gasteiger partial charge in [0.15, 0.2) is 6.29 Å². The summed E-state index contributed by atoms with van der Waals surface area (Å²) in [4.78, 5) is 24.1. The molecule has 1 rings (SSSR count). The molecule has 104 valence electrons. The van der Waals surface area contributed by atoms with Crippen LogP contribution in [0, 0.1) is 11.7 Å². The van der Waals surface area contributed by atoms with Crippen molar-refractivity contribution >= 4 is 17.9 Å². The number of halogens is 1. The lowest BCUT2D eigenvalue weighted by Crippen LogP contribution is -2.37. The van der Waals surface area contributed by atoms with Crippen LogP contribution in [-0.2, 0) is 4.79 Å². The molecule has 0 heterocycles. The molecule has 0 atom stereocenters. The predicted octanol–water partition coefficient (Wildman–Crippen LogP) is 1.85. The average molecular weight is 266 g/mol. The summed E-state index contributed by atoms with van der Waals surface area (Å²) in [5.74, 6) is -0.367. The van der Waals surface area contributed by atoms with Crippen LogP contribution in [0.4, 0.5) is 10.1 Å². The lowest BCUT2D eigenvalue weighted by atomic mass is 10.1. The van der Waals surface area contributed by atoms with Gasteiger partial charge in [0.1, 0.15) is 5.82 Å². The van der Waals surface area contributed by atoms with Crippen molar-refractivity contribution in [3.63, 3.8) is 0 Å². The van der Waals surface area contributed by atoms with Gasteiger partial charge in [-0.05, 0) is 18.1 Å². The minimum atomic E-state index is -0.582. The highest BCUT2D eigenvalue weighted by Gasteiger charge is 2.13. The molecule has 1 aromatic rings. The number of carbonyl (C=O) groups excluding carboxylic acids is 2. The third-order valence-electron chi connectivity index (χ3n) is 2.65. The summed E-state index contributed by atoms with van der Waals surface area (Å²) in [6.07, 6.45) is 0.465. The fourth-order valence-corrected chi connectivity index (χ4v) is 1.65. The van der Waals surface area contributed by atoms with E-state index in [9.17, 15) is 14.0 Å². The maximum absolute atomic E-state index is 13.4. The number of nitrogens with zero attached hydrogens (tertiary/aromatic N) is 1. The maximum Gasteiger partial charge on any atom is 0.239 e. The van der Waals surface area contributed by atoms with Crippen molar-refractivity contribution in [2.24, 2.45) is 5.92 Å². The predicted molar refractivity (Wildman–Crippen MR) is 72.9 cm³/mol. The summed E-state index contributed by atoms with van der Waals surface area (Å²) in [6.45, 7) is 4.68. The van der Waals surface area contributed by atoms with E-state index in [-0.39, 0.29) is 18.0 Å². The zero-order valence-corrected chi connectivity index (χ0v) is 11.4. The van der Waals surface area contributed by atoms with Crippen LogP contribution in [-0.4, -0.2) is 32.3 Å². The quantitative estimate of drug-likeness (QED) is 0.799. The highest BCUT2D eigenvalue weighted by molar-refractivity contribution is 5.87. The lowest BCUT2D eigenvalue weighted by molar-refractivity contribution is -0.119. The second-order valence-electron chi connectivity index (χ2n) is 4.84. The first-order chi connectivity index (χ1) is 8.95. The van der Waals surface area contributed by atoms with E-state index in [1.54, 1.807) is 18.0 Å². The van der Waals surface area contributed by atoms with Crippen LogP contribution < -0.4 is 10.2 Å². The van der Waals surface area contributed by atoms with Crippen LogP contribution in [0.1, 0.15) is 24.2 Å². The SMILES string of the molecule is CC(C)CNC(=O)CN(C)c1cccc(F)c1C=O. The second kappa shape index (κ2) is 6.87. The van der Waals surface area contributed by atoms with Crippen molar-refractivity contribution in [1.29, 1.82) is 0 Å². The Kier molecular flexibility index (Phi) is 5.48. The summed E-state index contributed by atoms with van der Waals surface area (Å²) >= 11 is 0. The summed E-state index contributed by atoms with van der Waals surface area (Å²) in [5.41, 5.74) is 0.386. The first kappa shape index (κ1) is 15.1. The summed E-state index contributed by atoms with van der Waals surface area (Å²) < 4.78 is 13.4. The first-order valence-corrected chi connectivity index (χ1v) is 6.17. The second-order valence-corrected chi connectivity index (χ2v) is 4.84. The van der Waals surface area contributed by atoms with Crippen LogP contribution in [0.15, 0.2) is 18.2 Å². The van der Waals surface area contributed by atoms with Crippen LogP contribution in [0.25, 0.3) is 0 Å². The molecule has 19 heavy (non-hydrogen) atoms. The lowest BCUT2D eigenvalue weighted by Gasteiger charge is -2.20. The average Bonchev–Trinajstić information content (AvgIpc) is 2.36. The van der Waals surface area contributed by atoms with E-state index in [1.807, 2.05) is 13.8 Å². The maximum atomic E-state index is 13.4. The number of rotatable bonds is 6. The highest BCUT2D eigenvalue weighted by Crippen LogP contribution is 2.20. The van der Waals surface area contributed by atoms with Gasteiger partial charge in [0.25, 0.3) is 0 Å². The van der Waals surface area contributed by atoms with E-state index < -0.39 is 5.82 Å². The van der Waals surface area contributed by atoms with Crippen LogP contribution in [0.2, 0.25) is 0 Å². The zero-order chi connectivity index (χ0) is 14.4. The van der Waals surface area contributed by atoms with E-state index in [0.29, 0.717) is 24.4 Å². The van der Waals surface area contributed by atoms with Gasteiger partial charge in [-0.15, -0.1) is 0 Å². The molecule has 0 aliphatic heterocycles. The van der Waals surface area contributed by atoms with Gasteiger partial charge in [-0.3, -0.25) is 9.59 Å². The number of aldehydes is 1. The van der Waals surface area contributed by atoms with Crippen molar-refractivity contribution in [3.05, 3.63) is 29.6 Å². The Balaban J connectivity index is 2.73. The molecule has 0 spiro atoms. The van der Waals surface area contributed by atoms with Crippen LogP contribution in [0.5, 0.6) is 0 Å². The third kappa shape index (κ3) is 4.35. The van der Waals surface area contributed by atoms with Crippen molar-refractivity contribution in [3.8, 4) is 0 Å². The highest BCUT2D eigenvalue weighted by atomic mass is 19.1. The molecule has 1 amide bonds. The number of benzene rings is 1. The number of carbonyl (C=O) groups is 2. The number of hydrogen-bond donors (Lipinski definition) is 1. The molecule has 0 radical (unpaired) electrons. The Labute approximate surface area is 112 Å². The minimum Gasteiger partial charge on any atom is -0.365 e. The Morgan fingerprint density at radius 3 is 2.74 bits per heavy atom. The zero-order valence-electron chi connectivity index (χ0n) is 11.4. The minimum absolute atomic E-state index is 0.0262. The van der Waals surface area contributed by atoms with E-state index in [0.717, 1.165) is 0 Å². The summed E-state index contributed by atoms with van der Waals surface area (Å²) in [6, 6.07) is 4.35. The fourth-order valence-electron chi connectivity index (χ4n) is 1.65. The van der Waals surface area contributed by atoms with Gasteiger partial charge >= 0.3 is 0 Å². The molecular formula is C14H19FN2O2. The van der Waals surface area contributed by atoms with Gasteiger partial charge in [0, 0.05) is 13.6 Å². The van der Waals surface area contributed by atoms with Gasteiger partial charge in [-0.25, -0.2) is 4.39 Å². The molecule has 0 bridgehead atoms. The molecular weight excluding hydrogens is 247 g/mol. The number of hydrogen-bond acceptors (Lipinski definition) is 3. The molecule has 0 unspecified atom stereocenters. The van der Waals surface area contributed by atoms with Crippen molar-refractivity contribution in [1.82, 2.24) is 5.32 Å². The molecule has 0 aliphatic carbocycles. The Hall–Kier alpha value is -1.91. The molecule has 0 aromatic heterocycles. The number of anilines is 1. The van der Waals surface area contributed by atoms with Gasteiger partial charge in [-0.1, -0.05) is 19.9 Å². The van der Waals surface area contributed by atoms with Gasteiger partial charge < -0.3 is 10.2 Å². The topological polar surface area (TPSA) is 49.4 Å². The van der Waals surface area contributed by atoms with Crippen molar-refractivity contribution in [2.75, 3.05) is 25.0 Å². The standard InChI is InChI=1S/C14H19FN2O2/c1-10(2)7-16-14(19)8-17(3)13-6-4-5-12(15)11(13)9-18/h4-6,9-10H,7-8H2,1-3H3,(H,16,19). The van der Waals surface area contributed by atoms with Crippen LogP contribution >= 0.6 is 0 Å². The molecule has 0 saturated heterocycles. The van der Waals surface area contributed by atoms with Crippen LogP contribution in [0.3, 0.4) is 0 Å². The first-order valence-electron chi connectivity index (χ1n) is 6.17. The smallest absolute Gasteiger partial charge is 0.239 e. The number of likely N-dealkylation sites (N-methyl/N-ethyl adjacent to an activating group) is 1. The van der Waals surface area contributed by atoms with Crippen molar-refractivity contribution in [2.45, 2.75) is 13.8 Å². The molecule has 1 N–H and O–H groups in total. The molecule has 4 nitrogen and oxygen atoms in total. The van der Waals surface area contributed by atoms with E-state index in [2.05, 4.69) is 5.32 Å². The molecule has 0 fully saturated rings. The van der Waals surface area contributed by atoms with Gasteiger partial charge in [0.05, 0.1) is 17.8 Å². The third-order valence-corrected chi connectivity index (χ3v) is 2.65.